The fourth-order valence-electron chi connectivity index (χ4n) is 3.15. The lowest BCUT2D eigenvalue weighted by Crippen LogP contribution is -2.07. The predicted octanol–water partition coefficient (Wildman–Crippen LogP) is 5.17. The summed E-state index contributed by atoms with van der Waals surface area (Å²) in [6, 6.07) is 25.1. The number of nitrogens with one attached hydrogen (secondary N) is 1. The molecule has 0 saturated heterocycles. The minimum atomic E-state index is -0.179. The van der Waals surface area contributed by atoms with Gasteiger partial charge >= 0.3 is 0 Å². The Morgan fingerprint density at radius 2 is 1.74 bits per heavy atom. The zero-order chi connectivity index (χ0) is 21.0. The molecule has 0 fully saturated rings. The monoisotopic (exact) mass is 423 g/mol. The molecule has 0 atom stereocenters. The van der Waals surface area contributed by atoms with Crippen molar-refractivity contribution in [2.45, 2.75) is 0 Å². The van der Waals surface area contributed by atoms with Gasteiger partial charge in [-0.3, -0.25) is 4.79 Å². The normalized spacial score (nSPS) is 11.2. The van der Waals surface area contributed by atoms with E-state index in [-0.39, 0.29) is 5.91 Å². The van der Waals surface area contributed by atoms with Gasteiger partial charge in [-0.25, -0.2) is 0 Å². The van der Waals surface area contributed by atoms with Crippen molar-refractivity contribution in [3.05, 3.63) is 95.9 Å². The SMILES string of the molecule is O=C(/C=C/c1ccccc1)Nc1ccc(-c2ccc3nnc(-c4cccs4)n3n2)cc1. The number of amides is 1. The first-order chi connectivity index (χ1) is 15.3. The molecule has 150 valence electrons. The van der Waals surface area contributed by atoms with Gasteiger partial charge in [0.15, 0.2) is 11.5 Å². The molecule has 0 unspecified atom stereocenters. The molecule has 31 heavy (non-hydrogen) atoms. The largest absolute Gasteiger partial charge is 0.323 e. The van der Waals surface area contributed by atoms with E-state index in [0.717, 1.165) is 33.2 Å². The van der Waals surface area contributed by atoms with Crippen LogP contribution in [0.2, 0.25) is 0 Å². The number of nitrogens with zero attached hydrogens (tertiary/aromatic N) is 4. The first kappa shape index (κ1) is 18.9. The Balaban J connectivity index is 1.34. The van der Waals surface area contributed by atoms with Crippen LogP contribution in [0.4, 0.5) is 5.69 Å². The maximum absolute atomic E-state index is 12.2. The van der Waals surface area contributed by atoms with Crippen LogP contribution in [0, 0.1) is 0 Å². The number of hydrogen-bond donors (Lipinski definition) is 1. The molecule has 5 rings (SSSR count). The van der Waals surface area contributed by atoms with Gasteiger partial charge in [0, 0.05) is 17.3 Å². The number of rotatable bonds is 5. The number of fused-ring (bicyclic) bond motifs is 1. The molecule has 5 aromatic rings. The van der Waals surface area contributed by atoms with Gasteiger partial charge < -0.3 is 5.32 Å². The summed E-state index contributed by atoms with van der Waals surface area (Å²) < 4.78 is 1.76. The second kappa shape index (κ2) is 8.33. The highest BCUT2D eigenvalue weighted by molar-refractivity contribution is 7.13. The molecule has 3 heterocycles. The second-order valence-corrected chi connectivity index (χ2v) is 7.75. The number of carbonyl (C=O) groups excluding carboxylic acids is 1. The van der Waals surface area contributed by atoms with Crippen molar-refractivity contribution in [2.75, 3.05) is 5.32 Å². The Hall–Kier alpha value is -4.10. The Morgan fingerprint density at radius 3 is 2.52 bits per heavy atom. The number of hydrogen-bond acceptors (Lipinski definition) is 5. The van der Waals surface area contributed by atoms with Gasteiger partial charge in [-0.1, -0.05) is 48.5 Å². The van der Waals surface area contributed by atoms with Crippen LogP contribution in [0.1, 0.15) is 5.56 Å². The third-order valence-corrected chi connectivity index (χ3v) is 5.55. The second-order valence-electron chi connectivity index (χ2n) is 6.80. The fourth-order valence-corrected chi connectivity index (χ4v) is 3.84. The molecule has 7 heteroatoms. The standard InChI is InChI=1S/C24H17N5OS/c30-23(15-8-17-5-2-1-3-6-17)25-19-11-9-18(10-12-19)20-13-14-22-26-27-24(29(22)28-20)21-7-4-16-31-21/h1-16H,(H,25,30)/b15-8+. The molecule has 3 aromatic heterocycles. The quantitative estimate of drug-likeness (QED) is 0.396. The molecule has 0 radical (unpaired) electrons. The first-order valence-electron chi connectivity index (χ1n) is 9.67. The zero-order valence-corrected chi connectivity index (χ0v) is 17.2. The molecule has 0 saturated carbocycles. The molecule has 2 aromatic carbocycles. The molecular weight excluding hydrogens is 406 g/mol. The van der Waals surface area contributed by atoms with Crippen LogP contribution in [-0.2, 0) is 4.79 Å². The summed E-state index contributed by atoms with van der Waals surface area (Å²) in [7, 11) is 0. The number of benzene rings is 2. The van der Waals surface area contributed by atoms with Gasteiger partial charge in [0.1, 0.15) is 0 Å². The lowest BCUT2D eigenvalue weighted by atomic mass is 10.1. The molecule has 1 amide bonds. The summed E-state index contributed by atoms with van der Waals surface area (Å²) in [5, 5.41) is 18.1. The van der Waals surface area contributed by atoms with Crippen LogP contribution in [0.25, 0.3) is 33.7 Å². The summed E-state index contributed by atoms with van der Waals surface area (Å²) in [6.07, 6.45) is 3.31. The van der Waals surface area contributed by atoms with Crippen molar-refractivity contribution in [1.82, 2.24) is 19.8 Å². The van der Waals surface area contributed by atoms with Gasteiger partial charge in [-0.15, -0.1) is 21.5 Å². The van der Waals surface area contributed by atoms with Crippen LogP contribution in [-0.4, -0.2) is 25.7 Å². The summed E-state index contributed by atoms with van der Waals surface area (Å²) in [4.78, 5) is 13.2. The van der Waals surface area contributed by atoms with E-state index in [4.69, 9.17) is 5.10 Å². The highest BCUT2D eigenvalue weighted by Crippen LogP contribution is 2.25. The van der Waals surface area contributed by atoms with E-state index in [0.29, 0.717) is 5.65 Å². The average Bonchev–Trinajstić information content (AvgIpc) is 3.48. The topological polar surface area (TPSA) is 72.2 Å². The highest BCUT2D eigenvalue weighted by atomic mass is 32.1. The molecule has 6 nitrogen and oxygen atoms in total. The maximum atomic E-state index is 12.2. The minimum absolute atomic E-state index is 0.179. The van der Waals surface area contributed by atoms with Crippen molar-refractivity contribution >= 4 is 34.7 Å². The molecule has 0 spiro atoms. The van der Waals surface area contributed by atoms with Gasteiger partial charge in [0.2, 0.25) is 5.91 Å². The summed E-state index contributed by atoms with van der Waals surface area (Å²) >= 11 is 1.60. The van der Waals surface area contributed by atoms with E-state index >= 15 is 0 Å². The molecule has 0 aliphatic rings. The van der Waals surface area contributed by atoms with E-state index in [2.05, 4.69) is 15.5 Å². The fraction of sp³-hybridized carbons (Fsp3) is 0. The molecular formula is C24H17N5OS. The van der Waals surface area contributed by atoms with Crippen molar-refractivity contribution in [2.24, 2.45) is 0 Å². The molecule has 0 bridgehead atoms. The number of carbonyl (C=O) groups is 1. The number of thiophene rings is 1. The van der Waals surface area contributed by atoms with E-state index in [9.17, 15) is 4.79 Å². The average molecular weight is 424 g/mol. The van der Waals surface area contributed by atoms with Gasteiger partial charge in [-0.05, 0) is 47.4 Å². The third kappa shape index (κ3) is 4.12. The number of aromatic nitrogens is 4. The zero-order valence-electron chi connectivity index (χ0n) is 16.3. The first-order valence-corrected chi connectivity index (χ1v) is 10.6. The van der Waals surface area contributed by atoms with Crippen molar-refractivity contribution in [3.63, 3.8) is 0 Å². The van der Waals surface area contributed by atoms with Gasteiger partial charge in [0.25, 0.3) is 0 Å². The Kier molecular flexibility index (Phi) is 5.08. The van der Waals surface area contributed by atoms with Crippen molar-refractivity contribution < 1.29 is 4.79 Å². The lowest BCUT2D eigenvalue weighted by Gasteiger charge is -2.05. The lowest BCUT2D eigenvalue weighted by molar-refractivity contribution is -0.111. The third-order valence-electron chi connectivity index (χ3n) is 4.68. The molecule has 0 aliphatic heterocycles. The Labute approximate surface area is 182 Å². The van der Waals surface area contributed by atoms with Crippen LogP contribution < -0.4 is 5.32 Å². The maximum Gasteiger partial charge on any atom is 0.248 e. The predicted molar refractivity (Wildman–Crippen MR) is 124 cm³/mol. The van der Waals surface area contributed by atoms with Crippen LogP contribution in [0.5, 0.6) is 0 Å². The number of anilines is 1. The summed E-state index contributed by atoms with van der Waals surface area (Å²) in [5.74, 6) is 0.544. The Morgan fingerprint density at radius 1 is 0.903 bits per heavy atom. The van der Waals surface area contributed by atoms with E-state index in [1.807, 2.05) is 84.2 Å². The van der Waals surface area contributed by atoms with Gasteiger partial charge in [0.05, 0.1) is 10.6 Å². The minimum Gasteiger partial charge on any atom is -0.323 e. The molecule has 1 N–H and O–H groups in total. The van der Waals surface area contributed by atoms with E-state index in [1.165, 1.54) is 6.08 Å². The smallest absolute Gasteiger partial charge is 0.248 e. The summed E-state index contributed by atoms with van der Waals surface area (Å²) in [6.45, 7) is 0. The van der Waals surface area contributed by atoms with Crippen LogP contribution >= 0.6 is 11.3 Å². The summed E-state index contributed by atoms with van der Waals surface area (Å²) in [5.41, 5.74) is 4.13. The highest BCUT2D eigenvalue weighted by Gasteiger charge is 2.11. The van der Waals surface area contributed by atoms with Gasteiger partial charge in [-0.2, -0.15) is 9.61 Å². The van der Waals surface area contributed by atoms with Crippen molar-refractivity contribution in [1.29, 1.82) is 0 Å². The van der Waals surface area contributed by atoms with E-state index in [1.54, 1.807) is 21.9 Å². The van der Waals surface area contributed by atoms with E-state index < -0.39 is 0 Å². The molecule has 0 aliphatic carbocycles. The Bertz CT molecular complexity index is 1360. The van der Waals surface area contributed by atoms with Crippen LogP contribution in [0.3, 0.4) is 0 Å². The van der Waals surface area contributed by atoms with Crippen molar-refractivity contribution in [3.8, 4) is 22.0 Å². The van der Waals surface area contributed by atoms with Crippen LogP contribution in [0.15, 0.2) is 90.3 Å².